The largest absolute Gasteiger partial charge is 0.358 e. The summed E-state index contributed by atoms with van der Waals surface area (Å²) in [5, 5.41) is 1.24. The van der Waals surface area contributed by atoms with Gasteiger partial charge in [-0.05, 0) is 58.4 Å². The molecule has 4 heteroatoms. The second-order valence-electron chi connectivity index (χ2n) is 6.38. The first kappa shape index (κ1) is 15.5. The number of para-hydroxylation sites is 1. The number of benzene rings is 2. The molecular weight excluding hydrogens is 364 g/mol. The first-order valence-corrected chi connectivity index (χ1v) is 9.13. The van der Waals surface area contributed by atoms with E-state index in [1.807, 2.05) is 35.2 Å². The topological polar surface area (TPSA) is 36.1 Å². The van der Waals surface area contributed by atoms with Crippen LogP contribution in [0.15, 0.2) is 59.1 Å². The van der Waals surface area contributed by atoms with Gasteiger partial charge in [-0.2, -0.15) is 0 Å². The van der Waals surface area contributed by atoms with Crippen LogP contribution in [0.2, 0.25) is 0 Å². The number of aromatic nitrogens is 1. The Morgan fingerprint density at radius 1 is 1.12 bits per heavy atom. The molecule has 1 N–H and O–H groups in total. The van der Waals surface area contributed by atoms with E-state index in [-0.39, 0.29) is 5.91 Å². The molecule has 1 amide bonds. The fraction of sp³-hybridized carbons (Fsp3) is 0.250. The van der Waals surface area contributed by atoms with Crippen molar-refractivity contribution in [3.63, 3.8) is 0 Å². The molecule has 1 aromatic heterocycles. The van der Waals surface area contributed by atoms with Crippen LogP contribution in [0.1, 0.15) is 34.8 Å². The van der Waals surface area contributed by atoms with Crippen molar-refractivity contribution in [2.45, 2.75) is 18.8 Å². The molecule has 4 rings (SSSR count). The van der Waals surface area contributed by atoms with Crippen molar-refractivity contribution >= 4 is 32.7 Å². The average Bonchev–Trinajstić information content (AvgIpc) is 3.06. The lowest BCUT2D eigenvalue weighted by atomic mass is 9.94. The summed E-state index contributed by atoms with van der Waals surface area (Å²) in [7, 11) is 0. The Morgan fingerprint density at radius 2 is 1.92 bits per heavy atom. The summed E-state index contributed by atoms with van der Waals surface area (Å²) >= 11 is 3.49. The van der Waals surface area contributed by atoms with Crippen LogP contribution in [0.5, 0.6) is 0 Å². The van der Waals surface area contributed by atoms with Gasteiger partial charge in [0.05, 0.1) is 5.56 Å². The molecule has 3 nitrogen and oxygen atoms in total. The van der Waals surface area contributed by atoms with Gasteiger partial charge in [-0.3, -0.25) is 4.79 Å². The highest BCUT2D eigenvalue weighted by Crippen LogP contribution is 2.30. The molecule has 24 heavy (non-hydrogen) atoms. The third-order valence-electron chi connectivity index (χ3n) is 4.80. The van der Waals surface area contributed by atoms with E-state index >= 15 is 0 Å². The number of aromatic amines is 1. The fourth-order valence-electron chi connectivity index (χ4n) is 3.54. The van der Waals surface area contributed by atoms with Crippen molar-refractivity contribution in [3.05, 3.63) is 70.3 Å². The van der Waals surface area contributed by atoms with Gasteiger partial charge in [-0.15, -0.1) is 0 Å². The van der Waals surface area contributed by atoms with Crippen LogP contribution in [0, 0.1) is 0 Å². The molecule has 1 unspecified atom stereocenters. The van der Waals surface area contributed by atoms with Gasteiger partial charge in [0.1, 0.15) is 0 Å². The van der Waals surface area contributed by atoms with Gasteiger partial charge in [-0.1, -0.05) is 30.3 Å². The maximum Gasteiger partial charge on any atom is 0.255 e. The standard InChI is InChI=1S/C20H19BrN2O/c21-17-9-3-2-8-16(17)20(24)23-11-5-7-15(13-23)19-12-14-6-1-4-10-18(14)22-19/h1-4,6,8-10,12,15,22H,5,7,11,13H2. The highest BCUT2D eigenvalue weighted by Gasteiger charge is 2.27. The molecule has 1 fully saturated rings. The van der Waals surface area contributed by atoms with Crippen LogP contribution in [0.25, 0.3) is 10.9 Å². The molecule has 122 valence electrons. The predicted octanol–water partition coefficient (Wildman–Crippen LogP) is 4.95. The lowest BCUT2D eigenvalue weighted by molar-refractivity contribution is 0.0705. The van der Waals surface area contributed by atoms with E-state index in [2.05, 4.69) is 45.2 Å². The molecular formula is C20H19BrN2O. The smallest absolute Gasteiger partial charge is 0.255 e. The minimum Gasteiger partial charge on any atom is -0.358 e. The molecule has 0 aliphatic carbocycles. The van der Waals surface area contributed by atoms with Crippen molar-refractivity contribution in [2.24, 2.45) is 0 Å². The lowest BCUT2D eigenvalue weighted by Gasteiger charge is -2.32. The van der Waals surface area contributed by atoms with Gasteiger partial charge in [-0.25, -0.2) is 0 Å². The van der Waals surface area contributed by atoms with Crippen molar-refractivity contribution in [1.29, 1.82) is 0 Å². The van der Waals surface area contributed by atoms with Gasteiger partial charge < -0.3 is 9.88 Å². The van der Waals surface area contributed by atoms with Gasteiger partial charge in [0.15, 0.2) is 0 Å². The predicted molar refractivity (Wildman–Crippen MR) is 100 cm³/mol. The summed E-state index contributed by atoms with van der Waals surface area (Å²) in [6.45, 7) is 1.60. The monoisotopic (exact) mass is 382 g/mol. The third-order valence-corrected chi connectivity index (χ3v) is 5.49. The van der Waals surface area contributed by atoms with Gasteiger partial charge in [0.2, 0.25) is 0 Å². The number of carbonyl (C=O) groups is 1. The van der Waals surface area contributed by atoms with E-state index in [0.717, 1.165) is 36.0 Å². The number of halogens is 1. The number of hydrogen-bond donors (Lipinski definition) is 1. The molecule has 1 saturated heterocycles. The fourth-order valence-corrected chi connectivity index (χ4v) is 3.99. The summed E-state index contributed by atoms with van der Waals surface area (Å²) in [6.07, 6.45) is 2.16. The van der Waals surface area contributed by atoms with Crippen LogP contribution < -0.4 is 0 Å². The van der Waals surface area contributed by atoms with Crippen molar-refractivity contribution in [2.75, 3.05) is 13.1 Å². The van der Waals surface area contributed by atoms with E-state index in [0.29, 0.717) is 5.92 Å². The number of nitrogens with one attached hydrogen (secondary N) is 1. The van der Waals surface area contributed by atoms with E-state index in [4.69, 9.17) is 0 Å². The number of nitrogens with zero attached hydrogens (tertiary/aromatic N) is 1. The SMILES string of the molecule is O=C(c1ccccc1Br)N1CCCC(c2cc3ccccc3[nH]2)C1. The Morgan fingerprint density at radius 3 is 2.75 bits per heavy atom. The van der Waals surface area contributed by atoms with Crippen LogP contribution in [-0.4, -0.2) is 28.9 Å². The van der Waals surface area contributed by atoms with Crippen LogP contribution >= 0.6 is 15.9 Å². The molecule has 0 radical (unpaired) electrons. The van der Waals surface area contributed by atoms with Crippen LogP contribution in [0.3, 0.4) is 0 Å². The molecule has 1 aliphatic rings. The Kier molecular flexibility index (Phi) is 4.15. The second kappa shape index (κ2) is 6.44. The highest BCUT2D eigenvalue weighted by molar-refractivity contribution is 9.10. The Balaban J connectivity index is 1.57. The summed E-state index contributed by atoms with van der Waals surface area (Å²) in [5.74, 6) is 0.487. The molecule has 2 heterocycles. The van der Waals surface area contributed by atoms with E-state index in [1.165, 1.54) is 16.6 Å². The van der Waals surface area contributed by atoms with Gasteiger partial charge in [0, 0.05) is 34.7 Å². The average molecular weight is 383 g/mol. The zero-order chi connectivity index (χ0) is 16.5. The van der Waals surface area contributed by atoms with Crippen molar-refractivity contribution in [1.82, 2.24) is 9.88 Å². The number of hydrogen-bond acceptors (Lipinski definition) is 1. The van der Waals surface area contributed by atoms with Crippen molar-refractivity contribution in [3.8, 4) is 0 Å². The normalized spacial score (nSPS) is 18.0. The number of rotatable bonds is 2. The Bertz CT molecular complexity index is 853. The zero-order valence-corrected chi connectivity index (χ0v) is 14.9. The molecule has 1 aliphatic heterocycles. The van der Waals surface area contributed by atoms with Gasteiger partial charge in [0.25, 0.3) is 5.91 Å². The Hall–Kier alpha value is -2.07. The van der Waals surface area contributed by atoms with Crippen LogP contribution in [0.4, 0.5) is 0 Å². The van der Waals surface area contributed by atoms with Gasteiger partial charge >= 0.3 is 0 Å². The quantitative estimate of drug-likeness (QED) is 0.668. The molecule has 1 atom stereocenters. The molecule has 2 aromatic carbocycles. The number of amides is 1. The van der Waals surface area contributed by atoms with E-state index in [1.54, 1.807) is 0 Å². The van der Waals surface area contributed by atoms with E-state index < -0.39 is 0 Å². The summed E-state index contributed by atoms with van der Waals surface area (Å²) in [4.78, 5) is 18.4. The van der Waals surface area contributed by atoms with E-state index in [9.17, 15) is 4.79 Å². The van der Waals surface area contributed by atoms with Crippen molar-refractivity contribution < 1.29 is 4.79 Å². The number of fused-ring (bicyclic) bond motifs is 1. The second-order valence-corrected chi connectivity index (χ2v) is 7.24. The van der Waals surface area contributed by atoms with Crippen LogP contribution in [-0.2, 0) is 0 Å². The zero-order valence-electron chi connectivity index (χ0n) is 13.3. The molecule has 0 saturated carbocycles. The number of likely N-dealkylation sites (tertiary alicyclic amines) is 1. The minimum absolute atomic E-state index is 0.114. The minimum atomic E-state index is 0.114. The maximum absolute atomic E-state index is 12.9. The Labute approximate surface area is 149 Å². The third kappa shape index (κ3) is 2.86. The summed E-state index contributed by atoms with van der Waals surface area (Å²) in [6, 6.07) is 18.2. The molecule has 3 aromatic rings. The number of carbonyl (C=O) groups excluding carboxylic acids is 1. The number of H-pyrrole nitrogens is 1. The molecule has 0 bridgehead atoms. The highest BCUT2D eigenvalue weighted by atomic mass is 79.9. The first-order chi connectivity index (χ1) is 11.7. The summed E-state index contributed by atoms with van der Waals surface area (Å²) in [5.41, 5.74) is 3.15. The molecule has 0 spiro atoms. The first-order valence-electron chi connectivity index (χ1n) is 8.34. The summed E-state index contributed by atoms with van der Waals surface area (Å²) < 4.78 is 0.864. The number of piperidine rings is 1. The maximum atomic E-state index is 12.9. The lowest BCUT2D eigenvalue weighted by Crippen LogP contribution is -2.39.